The number of aromatic amines is 1. The van der Waals surface area contributed by atoms with Gasteiger partial charge in [-0.1, -0.05) is 49.7 Å². The number of H-pyrrole nitrogens is 1. The lowest BCUT2D eigenvalue weighted by atomic mass is 9.92. The molecule has 1 aliphatic carbocycles. The van der Waals surface area contributed by atoms with E-state index in [0.29, 0.717) is 17.0 Å². The highest BCUT2D eigenvalue weighted by atomic mass is 16.2. The first-order valence-electron chi connectivity index (χ1n) is 11.3. The third kappa shape index (κ3) is 3.84. The number of pyridine rings is 1. The second-order valence-electron chi connectivity index (χ2n) is 9.24. The highest BCUT2D eigenvalue weighted by molar-refractivity contribution is 5.91. The molecule has 0 radical (unpaired) electrons. The number of hydrogen-bond donors (Lipinski definition) is 2. The minimum atomic E-state index is -0.486. The molecule has 168 valence electrons. The summed E-state index contributed by atoms with van der Waals surface area (Å²) in [6.07, 6.45) is 3.36. The zero-order chi connectivity index (χ0) is 23.2. The van der Waals surface area contributed by atoms with Crippen LogP contribution in [0.4, 0.5) is 0 Å². The van der Waals surface area contributed by atoms with Crippen LogP contribution in [-0.2, 0) is 10.2 Å². The topological polar surface area (TPSA) is 92.2 Å². The van der Waals surface area contributed by atoms with E-state index in [1.165, 1.54) is 16.1 Å². The number of hydrogen-bond acceptors (Lipinski definition) is 4. The van der Waals surface area contributed by atoms with Gasteiger partial charge in [0, 0.05) is 18.3 Å². The Bertz CT molecular complexity index is 1370. The van der Waals surface area contributed by atoms with Gasteiger partial charge in [0.2, 0.25) is 5.91 Å². The molecule has 5 rings (SSSR count). The zero-order valence-electron chi connectivity index (χ0n) is 19.0. The van der Waals surface area contributed by atoms with Crippen LogP contribution >= 0.6 is 0 Å². The van der Waals surface area contributed by atoms with Gasteiger partial charge in [-0.05, 0) is 43.4 Å². The summed E-state index contributed by atoms with van der Waals surface area (Å²) >= 11 is 0. The van der Waals surface area contributed by atoms with Crippen LogP contribution < -0.4 is 10.9 Å². The molecule has 1 saturated carbocycles. The molecule has 1 fully saturated rings. The average Bonchev–Trinajstić information content (AvgIpc) is 3.50. The molecule has 0 aliphatic heterocycles. The van der Waals surface area contributed by atoms with Crippen molar-refractivity contribution in [3.05, 3.63) is 88.0 Å². The number of aryl methyl sites for hydroxylation is 1. The van der Waals surface area contributed by atoms with Gasteiger partial charge in [0.05, 0.1) is 28.5 Å². The normalized spacial score (nSPS) is 15.5. The van der Waals surface area contributed by atoms with Gasteiger partial charge < -0.3 is 5.32 Å². The van der Waals surface area contributed by atoms with Crippen LogP contribution in [-0.4, -0.2) is 25.5 Å². The highest BCUT2D eigenvalue weighted by Crippen LogP contribution is 2.49. The molecular weight excluding hydrogens is 414 g/mol. The highest BCUT2D eigenvalue weighted by Gasteiger charge is 2.51. The Morgan fingerprint density at radius 3 is 2.52 bits per heavy atom. The molecule has 33 heavy (non-hydrogen) atoms. The van der Waals surface area contributed by atoms with E-state index in [1.807, 2.05) is 63.2 Å². The molecule has 1 aromatic carbocycles. The van der Waals surface area contributed by atoms with Gasteiger partial charge in [0.25, 0.3) is 5.56 Å². The largest absolute Gasteiger partial charge is 0.347 e. The Morgan fingerprint density at radius 1 is 1.12 bits per heavy atom. The summed E-state index contributed by atoms with van der Waals surface area (Å²) in [6, 6.07) is 16.7. The van der Waals surface area contributed by atoms with E-state index in [9.17, 15) is 9.59 Å². The molecule has 1 atom stereocenters. The SMILES string of the molecule is Cc1ccc(C2(C(=O)N[C@@H](c3cc(=O)n4[nH]c(-c5ccccn5)cc4n3)C(C)C)CC2)cc1. The number of carbonyl (C=O) groups excluding carboxylic acids is 1. The van der Waals surface area contributed by atoms with Gasteiger partial charge in [-0.2, -0.15) is 0 Å². The molecule has 7 heteroatoms. The molecule has 1 aliphatic rings. The van der Waals surface area contributed by atoms with Gasteiger partial charge in [-0.3, -0.25) is 19.7 Å². The van der Waals surface area contributed by atoms with Gasteiger partial charge >= 0.3 is 0 Å². The maximum atomic E-state index is 13.4. The lowest BCUT2D eigenvalue weighted by molar-refractivity contribution is -0.124. The molecule has 2 N–H and O–H groups in total. The maximum Gasteiger partial charge on any atom is 0.272 e. The molecular formula is C26H27N5O2. The second kappa shape index (κ2) is 7.99. The average molecular weight is 442 g/mol. The van der Waals surface area contributed by atoms with Crippen molar-refractivity contribution in [3.8, 4) is 11.4 Å². The van der Waals surface area contributed by atoms with E-state index >= 15 is 0 Å². The standard InChI is InChI=1S/C26H27N5O2/c1-16(2)24(29-25(33)26(11-12-26)18-9-7-17(3)8-10-18)21-15-23(32)31-22(28-21)14-20(30-31)19-6-4-5-13-27-19/h4-10,13-16,24,30H,11-12H2,1-3H3,(H,29,33)/t24-/m1/s1. The van der Waals surface area contributed by atoms with Crippen molar-refractivity contribution >= 4 is 11.6 Å². The summed E-state index contributed by atoms with van der Waals surface area (Å²) in [4.78, 5) is 35.3. The maximum absolute atomic E-state index is 13.4. The fourth-order valence-corrected chi connectivity index (χ4v) is 4.33. The summed E-state index contributed by atoms with van der Waals surface area (Å²) in [5.41, 5.74) is 4.00. The Morgan fingerprint density at radius 2 is 1.88 bits per heavy atom. The predicted octanol–water partition coefficient (Wildman–Crippen LogP) is 3.94. The lowest BCUT2D eigenvalue weighted by Gasteiger charge is -2.25. The minimum absolute atomic E-state index is 0.00436. The molecule has 3 heterocycles. The fraction of sp³-hybridized carbons (Fsp3) is 0.308. The van der Waals surface area contributed by atoms with Crippen molar-refractivity contribution in [1.82, 2.24) is 24.9 Å². The molecule has 0 bridgehead atoms. The lowest BCUT2D eigenvalue weighted by Crippen LogP contribution is -2.40. The van der Waals surface area contributed by atoms with Gasteiger partial charge in [0.15, 0.2) is 5.65 Å². The quantitative estimate of drug-likeness (QED) is 0.474. The summed E-state index contributed by atoms with van der Waals surface area (Å²) in [7, 11) is 0. The van der Waals surface area contributed by atoms with E-state index in [4.69, 9.17) is 4.98 Å². The second-order valence-corrected chi connectivity index (χ2v) is 9.24. The van der Waals surface area contributed by atoms with Gasteiger partial charge in [-0.25, -0.2) is 9.50 Å². The first-order valence-corrected chi connectivity index (χ1v) is 11.3. The number of nitrogens with zero attached hydrogens (tertiary/aromatic N) is 3. The van der Waals surface area contributed by atoms with E-state index in [0.717, 1.165) is 24.1 Å². The number of fused-ring (bicyclic) bond motifs is 1. The van der Waals surface area contributed by atoms with Crippen molar-refractivity contribution < 1.29 is 4.79 Å². The van der Waals surface area contributed by atoms with Crippen LogP contribution in [0.5, 0.6) is 0 Å². The van der Waals surface area contributed by atoms with E-state index in [2.05, 4.69) is 15.4 Å². The minimum Gasteiger partial charge on any atom is -0.347 e. The summed E-state index contributed by atoms with van der Waals surface area (Å²) in [6.45, 7) is 6.09. The Balaban J connectivity index is 1.47. The molecule has 0 unspecified atom stereocenters. The molecule has 3 aromatic heterocycles. The first-order chi connectivity index (χ1) is 15.9. The van der Waals surface area contributed by atoms with Gasteiger partial charge in [-0.15, -0.1) is 0 Å². The zero-order valence-corrected chi connectivity index (χ0v) is 19.0. The van der Waals surface area contributed by atoms with Gasteiger partial charge in [0.1, 0.15) is 0 Å². The van der Waals surface area contributed by atoms with Crippen LogP contribution in [0, 0.1) is 12.8 Å². The monoisotopic (exact) mass is 441 g/mol. The van der Waals surface area contributed by atoms with Crippen molar-refractivity contribution in [3.63, 3.8) is 0 Å². The molecule has 7 nitrogen and oxygen atoms in total. The number of amides is 1. The number of benzene rings is 1. The predicted molar refractivity (Wildman–Crippen MR) is 127 cm³/mol. The van der Waals surface area contributed by atoms with Crippen molar-refractivity contribution in [1.29, 1.82) is 0 Å². The molecule has 0 saturated heterocycles. The van der Waals surface area contributed by atoms with E-state index < -0.39 is 5.41 Å². The Labute approximate surface area is 191 Å². The Kier molecular flexibility index (Phi) is 5.12. The number of rotatable bonds is 6. The fourth-order valence-electron chi connectivity index (χ4n) is 4.33. The van der Waals surface area contributed by atoms with Crippen LogP contribution in [0.25, 0.3) is 17.0 Å². The number of nitrogens with one attached hydrogen (secondary N) is 2. The number of carbonyl (C=O) groups is 1. The van der Waals surface area contributed by atoms with E-state index in [-0.39, 0.29) is 23.4 Å². The third-order valence-corrected chi connectivity index (χ3v) is 6.47. The summed E-state index contributed by atoms with van der Waals surface area (Å²) in [5, 5.41) is 6.28. The molecule has 1 amide bonds. The first kappa shape index (κ1) is 21.1. The Hall–Kier alpha value is -3.74. The van der Waals surface area contributed by atoms with Crippen LogP contribution in [0.3, 0.4) is 0 Å². The molecule has 4 aromatic rings. The van der Waals surface area contributed by atoms with Crippen molar-refractivity contribution in [2.24, 2.45) is 5.92 Å². The van der Waals surface area contributed by atoms with Crippen molar-refractivity contribution in [2.75, 3.05) is 0 Å². The van der Waals surface area contributed by atoms with E-state index in [1.54, 1.807) is 12.3 Å². The van der Waals surface area contributed by atoms with Crippen LogP contribution in [0.1, 0.15) is 49.6 Å². The third-order valence-electron chi connectivity index (χ3n) is 6.47. The smallest absolute Gasteiger partial charge is 0.272 e. The van der Waals surface area contributed by atoms with Crippen LogP contribution in [0.2, 0.25) is 0 Å². The van der Waals surface area contributed by atoms with Crippen molar-refractivity contribution in [2.45, 2.75) is 45.1 Å². The summed E-state index contributed by atoms with van der Waals surface area (Å²) < 4.78 is 1.40. The van der Waals surface area contributed by atoms with Crippen LogP contribution in [0.15, 0.2) is 65.6 Å². The summed E-state index contributed by atoms with van der Waals surface area (Å²) in [5.74, 6) is 0.0571. The number of aromatic nitrogens is 4. The molecule has 0 spiro atoms.